The molecule has 1 saturated heterocycles. The number of rotatable bonds is 3. The number of nitroso groups, excluding NO2 is 1. The molecule has 13 heavy (non-hydrogen) atoms. The maximum atomic E-state index is 11.0. The summed E-state index contributed by atoms with van der Waals surface area (Å²) in [5.74, 6) is -0.138. The SMILES string of the molecule is CN([O-])C1(N=O)CN(C(=O)CBr)C1. The molecule has 0 spiro atoms. The van der Waals surface area contributed by atoms with E-state index in [1.54, 1.807) is 0 Å². The Kier molecular flexibility index (Phi) is 2.99. The van der Waals surface area contributed by atoms with Gasteiger partial charge < -0.3 is 15.2 Å². The lowest BCUT2D eigenvalue weighted by Gasteiger charge is -2.52. The Bertz CT molecular complexity index is 227. The van der Waals surface area contributed by atoms with Gasteiger partial charge in [-0.05, 0) is 12.2 Å². The topological polar surface area (TPSA) is 76.0 Å². The summed E-state index contributed by atoms with van der Waals surface area (Å²) in [4.78, 5) is 22.8. The zero-order valence-electron chi connectivity index (χ0n) is 7.07. The van der Waals surface area contributed by atoms with Crippen LogP contribution < -0.4 is 0 Å². The summed E-state index contributed by atoms with van der Waals surface area (Å²) in [6, 6.07) is 0. The molecule has 1 aliphatic rings. The van der Waals surface area contributed by atoms with Gasteiger partial charge in [0.1, 0.15) is 0 Å². The molecule has 0 radical (unpaired) electrons. The predicted octanol–water partition coefficient (Wildman–Crippen LogP) is 0.116. The van der Waals surface area contributed by atoms with Crippen molar-refractivity contribution < 1.29 is 4.79 Å². The number of hydrogen-bond acceptors (Lipinski definition) is 5. The fraction of sp³-hybridized carbons (Fsp3) is 0.833. The van der Waals surface area contributed by atoms with Crippen molar-refractivity contribution in [3.05, 3.63) is 10.1 Å². The van der Waals surface area contributed by atoms with Crippen LogP contribution in [0.15, 0.2) is 5.18 Å². The van der Waals surface area contributed by atoms with E-state index in [1.165, 1.54) is 11.9 Å². The molecule has 1 heterocycles. The minimum atomic E-state index is -1.25. The van der Waals surface area contributed by atoms with Crippen molar-refractivity contribution in [3.63, 3.8) is 0 Å². The van der Waals surface area contributed by atoms with Crippen molar-refractivity contribution in [2.24, 2.45) is 5.18 Å². The molecule has 7 heteroatoms. The first-order valence-electron chi connectivity index (χ1n) is 3.65. The average molecular weight is 251 g/mol. The quantitative estimate of drug-likeness (QED) is 0.405. The number of carbonyl (C=O) groups excluding carboxylic acids is 1. The number of alkyl halides is 1. The van der Waals surface area contributed by atoms with Gasteiger partial charge in [-0.3, -0.25) is 4.79 Å². The van der Waals surface area contributed by atoms with Crippen LogP contribution in [0.25, 0.3) is 0 Å². The van der Waals surface area contributed by atoms with Crippen molar-refractivity contribution in [2.45, 2.75) is 5.66 Å². The molecule has 0 aromatic heterocycles. The second kappa shape index (κ2) is 3.69. The van der Waals surface area contributed by atoms with E-state index in [9.17, 15) is 14.9 Å². The van der Waals surface area contributed by atoms with Gasteiger partial charge >= 0.3 is 0 Å². The number of amides is 1. The van der Waals surface area contributed by atoms with Gasteiger partial charge in [0.2, 0.25) is 5.91 Å². The molecule has 0 unspecified atom stereocenters. The van der Waals surface area contributed by atoms with Crippen molar-refractivity contribution in [1.82, 2.24) is 9.96 Å². The van der Waals surface area contributed by atoms with E-state index in [-0.39, 0.29) is 24.3 Å². The van der Waals surface area contributed by atoms with Gasteiger partial charge in [-0.25, -0.2) is 0 Å². The standard InChI is InChI=1S/C6H9BrN3O3/c1-9(13)6(8-12)3-10(4-6)5(11)2-7/h2-4H2,1H3/q-1. The van der Waals surface area contributed by atoms with E-state index >= 15 is 0 Å². The van der Waals surface area contributed by atoms with Crippen molar-refractivity contribution in [1.29, 1.82) is 0 Å². The normalized spacial score (nSPS) is 19.8. The molecule has 1 fully saturated rings. The average Bonchev–Trinajstić information content (AvgIpc) is 2.02. The molecule has 0 aliphatic carbocycles. The van der Waals surface area contributed by atoms with Crippen LogP contribution in [-0.4, -0.2) is 47.0 Å². The molecule has 0 bridgehead atoms. The summed E-state index contributed by atoms with van der Waals surface area (Å²) in [5, 5.41) is 14.4. The third-order valence-electron chi connectivity index (χ3n) is 2.11. The summed E-state index contributed by atoms with van der Waals surface area (Å²) in [7, 11) is 1.23. The molecule has 0 saturated carbocycles. The molecule has 1 rings (SSSR count). The first kappa shape index (κ1) is 10.6. The minimum absolute atomic E-state index is 0.0843. The lowest BCUT2D eigenvalue weighted by Crippen LogP contribution is -2.68. The number of halogens is 1. The smallest absolute Gasteiger partial charge is 0.233 e. The van der Waals surface area contributed by atoms with Crippen LogP contribution in [0.5, 0.6) is 0 Å². The largest absolute Gasteiger partial charge is 0.783 e. The highest BCUT2D eigenvalue weighted by Gasteiger charge is 2.46. The maximum absolute atomic E-state index is 11.0. The highest BCUT2D eigenvalue weighted by atomic mass is 79.9. The Labute approximate surface area is 83.5 Å². The number of hydroxylamine groups is 2. The molecule has 0 N–H and O–H groups in total. The van der Waals surface area contributed by atoms with Gasteiger partial charge in [0.05, 0.1) is 18.4 Å². The number of nitrogens with zero attached hydrogens (tertiary/aromatic N) is 3. The molecule has 74 valence electrons. The van der Waals surface area contributed by atoms with Gasteiger partial charge in [0.15, 0.2) is 5.66 Å². The van der Waals surface area contributed by atoms with Gasteiger partial charge in [-0.2, -0.15) is 0 Å². The summed E-state index contributed by atoms with van der Waals surface area (Å²) < 4.78 is 0. The summed E-state index contributed by atoms with van der Waals surface area (Å²) in [6.07, 6.45) is 0. The van der Waals surface area contributed by atoms with E-state index in [0.717, 1.165) is 0 Å². The van der Waals surface area contributed by atoms with Gasteiger partial charge in [-0.1, -0.05) is 15.9 Å². The van der Waals surface area contributed by atoms with E-state index in [0.29, 0.717) is 5.06 Å². The fourth-order valence-corrected chi connectivity index (χ4v) is 1.49. The van der Waals surface area contributed by atoms with Crippen molar-refractivity contribution >= 4 is 21.8 Å². The molecule has 1 aliphatic heterocycles. The van der Waals surface area contributed by atoms with E-state index in [2.05, 4.69) is 21.1 Å². The van der Waals surface area contributed by atoms with Crippen molar-refractivity contribution in [2.75, 3.05) is 25.5 Å². The summed E-state index contributed by atoms with van der Waals surface area (Å²) >= 11 is 2.99. The Morgan fingerprint density at radius 2 is 2.31 bits per heavy atom. The predicted molar refractivity (Wildman–Crippen MR) is 50.0 cm³/mol. The van der Waals surface area contributed by atoms with Gasteiger partial charge in [0, 0.05) is 0 Å². The van der Waals surface area contributed by atoms with Crippen LogP contribution in [0.2, 0.25) is 0 Å². The van der Waals surface area contributed by atoms with E-state index < -0.39 is 5.66 Å². The summed E-state index contributed by atoms with van der Waals surface area (Å²) in [6.45, 7) is 0.169. The Hall–Kier alpha value is -0.530. The third-order valence-corrected chi connectivity index (χ3v) is 2.59. The zero-order chi connectivity index (χ0) is 10.1. The van der Waals surface area contributed by atoms with E-state index in [4.69, 9.17) is 0 Å². The molecule has 0 aromatic carbocycles. The molecule has 0 aromatic rings. The summed E-state index contributed by atoms with van der Waals surface area (Å²) in [5.41, 5.74) is -1.25. The Balaban J connectivity index is 2.54. The number of likely N-dealkylation sites (tertiary alicyclic amines) is 1. The zero-order valence-corrected chi connectivity index (χ0v) is 8.65. The molecule has 1 amide bonds. The lowest BCUT2D eigenvalue weighted by molar-refractivity contribution is -0.140. The molecular formula is C6H9BrN3O3-. The van der Waals surface area contributed by atoms with Crippen LogP contribution in [0.3, 0.4) is 0 Å². The molecular weight excluding hydrogens is 242 g/mol. The van der Waals surface area contributed by atoms with E-state index in [1.807, 2.05) is 0 Å². The number of carbonyl (C=O) groups is 1. The van der Waals surface area contributed by atoms with Crippen LogP contribution in [0.4, 0.5) is 0 Å². The van der Waals surface area contributed by atoms with Crippen LogP contribution in [0.1, 0.15) is 0 Å². The third kappa shape index (κ3) is 1.72. The molecule has 6 nitrogen and oxygen atoms in total. The highest BCUT2D eigenvalue weighted by Crippen LogP contribution is 2.27. The second-order valence-corrected chi connectivity index (χ2v) is 3.52. The van der Waals surface area contributed by atoms with Crippen LogP contribution in [-0.2, 0) is 4.79 Å². The number of hydrogen-bond donors (Lipinski definition) is 0. The van der Waals surface area contributed by atoms with Crippen LogP contribution >= 0.6 is 15.9 Å². The monoisotopic (exact) mass is 250 g/mol. The minimum Gasteiger partial charge on any atom is -0.783 e. The van der Waals surface area contributed by atoms with Crippen molar-refractivity contribution in [3.8, 4) is 0 Å². The van der Waals surface area contributed by atoms with Crippen LogP contribution in [0, 0.1) is 10.1 Å². The lowest BCUT2D eigenvalue weighted by atomic mass is 10.0. The first-order valence-corrected chi connectivity index (χ1v) is 4.77. The maximum Gasteiger partial charge on any atom is 0.233 e. The van der Waals surface area contributed by atoms with Gasteiger partial charge in [0.25, 0.3) is 0 Å². The highest BCUT2D eigenvalue weighted by molar-refractivity contribution is 9.09. The number of likely N-dealkylation sites (N-methyl/N-ethyl adjacent to an activating group) is 1. The second-order valence-electron chi connectivity index (χ2n) is 2.95. The Morgan fingerprint density at radius 3 is 2.62 bits per heavy atom. The first-order chi connectivity index (χ1) is 6.05. The fourth-order valence-electron chi connectivity index (χ4n) is 1.14. The Morgan fingerprint density at radius 1 is 1.77 bits per heavy atom. The van der Waals surface area contributed by atoms with Gasteiger partial charge in [-0.15, -0.1) is 4.91 Å². The molecule has 0 atom stereocenters.